The lowest BCUT2D eigenvalue weighted by molar-refractivity contribution is -0.134. The van der Waals surface area contributed by atoms with Crippen LogP contribution in [0.15, 0.2) is 41.7 Å². The number of methoxy groups -OCH3 is 1. The maximum absolute atomic E-state index is 12.5. The Morgan fingerprint density at radius 3 is 2.85 bits per heavy atom. The van der Waals surface area contributed by atoms with Crippen molar-refractivity contribution in [1.29, 1.82) is 0 Å². The minimum Gasteiger partial charge on any atom is -0.496 e. The van der Waals surface area contributed by atoms with Crippen LogP contribution in [0.4, 0.5) is 0 Å². The van der Waals surface area contributed by atoms with Gasteiger partial charge in [-0.3, -0.25) is 19.5 Å². The van der Waals surface area contributed by atoms with Gasteiger partial charge in [0.2, 0.25) is 5.84 Å². The molecule has 1 aliphatic heterocycles. The molecule has 2 heterocycles. The predicted octanol–water partition coefficient (Wildman–Crippen LogP) is 2.32. The van der Waals surface area contributed by atoms with Crippen molar-refractivity contribution in [3.8, 4) is 5.75 Å². The minimum atomic E-state index is -0.240. The first-order valence-electron chi connectivity index (χ1n) is 8.11. The van der Waals surface area contributed by atoms with E-state index in [1.54, 1.807) is 31.5 Å². The number of benzene rings is 1. The molecular weight excluding hydrogens is 334 g/mol. The number of carbonyl (C=O) groups excluding carboxylic acids is 2. The molecule has 3 rings (SSSR count). The molecule has 1 aliphatic rings. The fourth-order valence-corrected chi connectivity index (χ4v) is 2.74. The average Bonchev–Trinajstić information content (AvgIpc) is 2.64. The number of amidine groups is 1. The second-order valence-corrected chi connectivity index (χ2v) is 5.92. The Balaban J connectivity index is 2.01. The molecule has 0 bridgehead atoms. The lowest BCUT2D eigenvalue weighted by Crippen LogP contribution is -2.43. The number of pyridine rings is 1. The lowest BCUT2D eigenvalue weighted by Gasteiger charge is -2.27. The molecule has 26 heavy (non-hydrogen) atoms. The fourth-order valence-electron chi connectivity index (χ4n) is 2.74. The van der Waals surface area contributed by atoms with Crippen LogP contribution in [0.3, 0.4) is 0 Å². The summed E-state index contributed by atoms with van der Waals surface area (Å²) in [6.45, 7) is 3.43. The monoisotopic (exact) mass is 353 g/mol. The molecule has 0 saturated heterocycles. The van der Waals surface area contributed by atoms with E-state index in [4.69, 9.17) is 9.57 Å². The van der Waals surface area contributed by atoms with Gasteiger partial charge in [-0.15, -0.1) is 0 Å². The number of oxime groups is 1. The number of hydrogen-bond donors (Lipinski definition) is 0. The quantitative estimate of drug-likeness (QED) is 0.771. The van der Waals surface area contributed by atoms with Crippen LogP contribution in [0.1, 0.15) is 34.1 Å². The molecule has 1 aromatic carbocycles. The molecule has 7 nitrogen and oxygen atoms in total. The highest BCUT2D eigenvalue weighted by Gasteiger charge is 2.29. The summed E-state index contributed by atoms with van der Waals surface area (Å²) in [5, 5.41) is 4.05. The highest BCUT2D eigenvalue weighted by molar-refractivity contribution is 6.08. The molecule has 0 unspecified atom stereocenters. The third-order valence-electron chi connectivity index (χ3n) is 4.13. The third-order valence-corrected chi connectivity index (χ3v) is 4.13. The molecule has 134 valence electrons. The lowest BCUT2D eigenvalue weighted by atomic mass is 10.1. The predicted molar refractivity (Wildman–Crippen MR) is 95.0 cm³/mol. The standard InChI is InChI=1S/C19H19N3O4/c1-12-5-4-8-20-18(12)19-21-26-11-17(24)22(19)10-15-9-14(13(2)23)6-7-16(15)25-3/h4-9H,10-11H2,1-3H3. The van der Waals surface area contributed by atoms with Gasteiger partial charge in [0.15, 0.2) is 12.4 Å². The van der Waals surface area contributed by atoms with Gasteiger partial charge in [0.05, 0.1) is 13.7 Å². The maximum atomic E-state index is 12.5. The van der Waals surface area contributed by atoms with Crippen molar-refractivity contribution < 1.29 is 19.2 Å². The number of amides is 1. The van der Waals surface area contributed by atoms with Gasteiger partial charge >= 0.3 is 0 Å². The number of ketones is 1. The molecule has 1 aromatic heterocycles. The number of Topliss-reactive ketones (excluding diaryl/α,β-unsaturated/α-hetero) is 1. The van der Waals surface area contributed by atoms with Gasteiger partial charge in [-0.1, -0.05) is 11.2 Å². The van der Waals surface area contributed by atoms with E-state index >= 15 is 0 Å². The molecule has 0 saturated carbocycles. The van der Waals surface area contributed by atoms with Crippen LogP contribution in [-0.2, 0) is 16.2 Å². The molecular formula is C19H19N3O4. The van der Waals surface area contributed by atoms with Crippen LogP contribution in [0.2, 0.25) is 0 Å². The summed E-state index contributed by atoms with van der Waals surface area (Å²) in [5.74, 6) is 0.632. The van der Waals surface area contributed by atoms with Crippen molar-refractivity contribution in [2.45, 2.75) is 20.4 Å². The Kier molecular flexibility index (Phi) is 4.97. The summed E-state index contributed by atoms with van der Waals surface area (Å²) in [6.07, 6.45) is 1.64. The Morgan fingerprint density at radius 2 is 2.15 bits per heavy atom. The van der Waals surface area contributed by atoms with E-state index in [1.807, 2.05) is 19.1 Å². The molecule has 0 atom stereocenters. The van der Waals surface area contributed by atoms with Crippen molar-refractivity contribution in [3.63, 3.8) is 0 Å². The Hall–Kier alpha value is -3.22. The second kappa shape index (κ2) is 7.35. The molecule has 0 radical (unpaired) electrons. The summed E-state index contributed by atoms with van der Waals surface area (Å²) >= 11 is 0. The van der Waals surface area contributed by atoms with Crippen molar-refractivity contribution in [2.75, 3.05) is 13.7 Å². The first-order valence-corrected chi connectivity index (χ1v) is 8.11. The number of rotatable bonds is 5. The van der Waals surface area contributed by atoms with Crippen LogP contribution >= 0.6 is 0 Å². The van der Waals surface area contributed by atoms with Gasteiger partial charge in [0.1, 0.15) is 11.4 Å². The Morgan fingerprint density at radius 1 is 1.35 bits per heavy atom. The molecule has 7 heteroatoms. The SMILES string of the molecule is COc1ccc(C(C)=O)cc1CN1C(=O)CON=C1c1ncccc1C. The molecule has 0 spiro atoms. The molecule has 0 fully saturated rings. The van der Waals surface area contributed by atoms with Crippen LogP contribution in [-0.4, -0.2) is 41.1 Å². The van der Waals surface area contributed by atoms with E-state index in [-0.39, 0.29) is 24.8 Å². The number of nitrogens with zero attached hydrogens (tertiary/aromatic N) is 3. The third kappa shape index (κ3) is 3.42. The number of hydrogen-bond acceptors (Lipinski definition) is 6. The zero-order valence-corrected chi connectivity index (χ0v) is 14.9. The van der Waals surface area contributed by atoms with E-state index < -0.39 is 0 Å². The summed E-state index contributed by atoms with van der Waals surface area (Å²) < 4.78 is 5.39. The molecule has 0 aliphatic carbocycles. The zero-order valence-electron chi connectivity index (χ0n) is 14.9. The average molecular weight is 353 g/mol. The second-order valence-electron chi connectivity index (χ2n) is 5.92. The minimum absolute atomic E-state index is 0.0586. The largest absolute Gasteiger partial charge is 0.496 e. The number of aromatic nitrogens is 1. The first-order chi connectivity index (χ1) is 12.5. The van der Waals surface area contributed by atoms with Crippen LogP contribution < -0.4 is 4.74 Å². The van der Waals surface area contributed by atoms with Crippen LogP contribution in [0.25, 0.3) is 0 Å². The number of carbonyl (C=O) groups is 2. The summed E-state index contributed by atoms with van der Waals surface area (Å²) in [7, 11) is 1.55. The zero-order chi connectivity index (χ0) is 18.7. The van der Waals surface area contributed by atoms with Gasteiger partial charge in [-0.2, -0.15) is 0 Å². The maximum Gasteiger partial charge on any atom is 0.269 e. The van der Waals surface area contributed by atoms with Gasteiger partial charge in [0, 0.05) is 17.3 Å². The normalized spacial score (nSPS) is 13.9. The Bertz CT molecular complexity index is 892. The Labute approximate surface area is 151 Å². The molecule has 2 aromatic rings. The molecule has 0 N–H and O–H groups in total. The van der Waals surface area contributed by atoms with E-state index in [2.05, 4.69) is 10.1 Å². The van der Waals surface area contributed by atoms with Crippen molar-refractivity contribution >= 4 is 17.5 Å². The first kappa shape index (κ1) is 17.6. The van der Waals surface area contributed by atoms with Gasteiger partial charge in [-0.25, -0.2) is 0 Å². The van der Waals surface area contributed by atoms with Crippen molar-refractivity contribution in [3.05, 3.63) is 58.9 Å². The summed E-state index contributed by atoms with van der Waals surface area (Å²) in [6, 6.07) is 8.85. The van der Waals surface area contributed by atoms with Crippen molar-refractivity contribution in [2.24, 2.45) is 5.16 Å². The van der Waals surface area contributed by atoms with Gasteiger partial charge in [0.25, 0.3) is 5.91 Å². The van der Waals surface area contributed by atoms with Crippen molar-refractivity contribution in [1.82, 2.24) is 9.88 Å². The van der Waals surface area contributed by atoms with Crippen LogP contribution in [0, 0.1) is 6.92 Å². The topological polar surface area (TPSA) is 81.1 Å². The highest BCUT2D eigenvalue weighted by Crippen LogP contribution is 2.24. The number of aryl methyl sites for hydroxylation is 1. The highest BCUT2D eigenvalue weighted by atomic mass is 16.6. The van der Waals surface area contributed by atoms with Gasteiger partial charge in [-0.05, 0) is 43.7 Å². The molecule has 1 amide bonds. The van der Waals surface area contributed by atoms with E-state index in [0.717, 1.165) is 5.56 Å². The summed E-state index contributed by atoms with van der Waals surface area (Å²) in [4.78, 5) is 35.1. The van der Waals surface area contributed by atoms with Crippen LogP contribution in [0.5, 0.6) is 5.75 Å². The van der Waals surface area contributed by atoms with E-state index in [1.165, 1.54) is 11.8 Å². The van der Waals surface area contributed by atoms with Gasteiger partial charge < -0.3 is 9.57 Å². The fraction of sp³-hybridized carbons (Fsp3) is 0.263. The van der Waals surface area contributed by atoms with E-state index in [9.17, 15) is 9.59 Å². The summed E-state index contributed by atoms with van der Waals surface area (Å²) in [5.41, 5.74) is 2.70. The van der Waals surface area contributed by atoms with E-state index in [0.29, 0.717) is 28.4 Å². The smallest absolute Gasteiger partial charge is 0.269 e. The number of ether oxygens (including phenoxy) is 1.